The lowest BCUT2D eigenvalue weighted by Gasteiger charge is -2.32. The van der Waals surface area contributed by atoms with Gasteiger partial charge in [0.1, 0.15) is 0 Å². The van der Waals surface area contributed by atoms with Crippen molar-refractivity contribution in [3.8, 4) is 0 Å². The smallest absolute Gasteiger partial charge is 0.267 e. The minimum absolute atomic E-state index is 0.242. The van der Waals surface area contributed by atoms with Crippen LogP contribution in [0.2, 0.25) is 0 Å². The van der Waals surface area contributed by atoms with Crippen molar-refractivity contribution in [3.05, 3.63) is 0 Å². The van der Waals surface area contributed by atoms with Crippen molar-refractivity contribution in [2.45, 2.75) is 122 Å². The van der Waals surface area contributed by atoms with E-state index in [9.17, 15) is 9.46 Å². The monoisotopic (exact) mass is 447 g/mol. The van der Waals surface area contributed by atoms with Crippen molar-refractivity contribution < 1.29 is 23.0 Å². The predicted molar refractivity (Wildman–Crippen MR) is 124 cm³/mol. The number of phosphoric acid groups is 1. The zero-order valence-electron chi connectivity index (χ0n) is 20.2. The Balaban J connectivity index is 1.86. The Kier molecular flexibility index (Phi) is 15.6. The topological polar surface area (TPSA) is 58.6 Å². The molecule has 1 heterocycles. The molecule has 1 aliphatic rings. The molecule has 0 saturated carbocycles. The molecule has 0 spiro atoms. The summed E-state index contributed by atoms with van der Waals surface area (Å²) < 4.78 is 22.9. The molecule has 0 aliphatic carbocycles. The van der Waals surface area contributed by atoms with Crippen LogP contribution in [0.3, 0.4) is 0 Å². The Morgan fingerprint density at radius 2 is 1.27 bits per heavy atom. The third-order valence-electron chi connectivity index (χ3n) is 6.71. The summed E-state index contributed by atoms with van der Waals surface area (Å²) in [7, 11) is 0.283. The molecule has 0 aromatic rings. The Morgan fingerprint density at radius 1 is 0.800 bits per heavy atom. The molecule has 2 atom stereocenters. The van der Waals surface area contributed by atoms with E-state index in [1.165, 1.54) is 83.5 Å². The summed E-state index contributed by atoms with van der Waals surface area (Å²) in [5.41, 5.74) is 0. The number of likely N-dealkylation sites (tertiary alicyclic amines) is 1. The van der Waals surface area contributed by atoms with Gasteiger partial charge in [-0.05, 0) is 6.42 Å². The summed E-state index contributed by atoms with van der Waals surface area (Å²) in [4.78, 5) is 11.9. The molecule has 1 aliphatic heterocycles. The Bertz CT molecular complexity index is 458. The number of phosphoric ester groups is 1. The van der Waals surface area contributed by atoms with Crippen LogP contribution < -0.4 is 4.89 Å². The first-order chi connectivity index (χ1) is 14.4. The van der Waals surface area contributed by atoms with E-state index in [-0.39, 0.29) is 13.2 Å². The maximum absolute atomic E-state index is 11.9. The van der Waals surface area contributed by atoms with E-state index in [0.717, 1.165) is 36.7 Å². The van der Waals surface area contributed by atoms with Crippen LogP contribution >= 0.6 is 7.82 Å². The van der Waals surface area contributed by atoms with E-state index < -0.39 is 7.82 Å². The van der Waals surface area contributed by atoms with Crippen LogP contribution in [0.5, 0.6) is 0 Å². The van der Waals surface area contributed by atoms with E-state index in [4.69, 9.17) is 9.05 Å². The highest BCUT2D eigenvalue weighted by molar-refractivity contribution is 7.45. The second kappa shape index (κ2) is 16.7. The van der Waals surface area contributed by atoms with Gasteiger partial charge < -0.3 is 18.4 Å². The lowest BCUT2D eigenvalue weighted by atomic mass is 10.0. The van der Waals surface area contributed by atoms with Gasteiger partial charge in [0, 0.05) is 19.3 Å². The van der Waals surface area contributed by atoms with Crippen LogP contribution in [0.25, 0.3) is 0 Å². The van der Waals surface area contributed by atoms with Crippen LogP contribution in [-0.4, -0.2) is 44.4 Å². The van der Waals surface area contributed by atoms with Gasteiger partial charge in [-0.25, -0.2) is 0 Å². The molecule has 2 unspecified atom stereocenters. The number of nitrogens with zero attached hydrogens (tertiary/aromatic N) is 1. The van der Waals surface area contributed by atoms with Gasteiger partial charge >= 0.3 is 0 Å². The van der Waals surface area contributed by atoms with Crippen molar-refractivity contribution in [1.29, 1.82) is 0 Å². The number of unbranched alkanes of at least 4 members (excludes halogenated alkanes) is 13. The lowest BCUT2D eigenvalue weighted by Crippen LogP contribution is -2.44. The number of hydrogen-bond donors (Lipinski definition) is 0. The molecular formula is C24H50NO4P. The molecule has 180 valence electrons. The van der Waals surface area contributed by atoms with Gasteiger partial charge in [-0.1, -0.05) is 90.4 Å². The second-order valence-electron chi connectivity index (χ2n) is 9.80. The summed E-state index contributed by atoms with van der Waals surface area (Å²) >= 11 is 0. The molecule has 1 fully saturated rings. The molecule has 0 aromatic heterocycles. The van der Waals surface area contributed by atoms with E-state index in [1.54, 1.807) is 0 Å². The lowest BCUT2D eigenvalue weighted by molar-refractivity contribution is -0.902. The number of quaternary nitrogens is 1. The minimum atomic E-state index is -4.13. The molecule has 0 aromatic carbocycles. The molecule has 6 heteroatoms. The summed E-state index contributed by atoms with van der Waals surface area (Å²) in [6, 6.07) is 0.496. The maximum Gasteiger partial charge on any atom is 0.267 e. The fraction of sp³-hybridized carbons (Fsp3) is 1.00. The Hall–Kier alpha value is 0.0700. The fourth-order valence-corrected chi connectivity index (χ4v) is 5.33. The molecular weight excluding hydrogens is 397 g/mol. The highest BCUT2D eigenvalue weighted by Crippen LogP contribution is 2.39. The normalized spacial score (nSPS) is 20.5. The predicted octanol–water partition coefficient (Wildman–Crippen LogP) is 6.60. The van der Waals surface area contributed by atoms with Crippen LogP contribution in [0.15, 0.2) is 0 Å². The van der Waals surface area contributed by atoms with Crippen LogP contribution in [0.4, 0.5) is 0 Å². The van der Waals surface area contributed by atoms with Crippen molar-refractivity contribution in [2.24, 2.45) is 0 Å². The van der Waals surface area contributed by atoms with Gasteiger partial charge in [0.15, 0.2) is 0 Å². The van der Waals surface area contributed by atoms with Crippen molar-refractivity contribution >= 4 is 7.82 Å². The first-order valence-corrected chi connectivity index (χ1v) is 14.3. The maximum atomic E-state index is 11.9. The van der Waals surface area contributed by atoms with E-state index in [1.807, 2.05) is 0 Å². The summed E-state index contributed by atoms with van der Waals surface area (Å²) in [5, 5.41) is 0. The quantitative estimate of drug-likeness (QED) is 0.120. The number of rotatable bonds is 20. The average molecular weight is 448 g/mol. The van der Waals surface area contributed by atoms with Crippen LogP contribution in [0, 0.1) is 0 Å². The van der Waals surface area contributed by atoms with Gasteiger partial charge in [-0.2, -0.15) is 0 Å². The van der Waals surface area contributed by atoms with E-state index >= 15 is 0 Å². The van der Waals surface area contributed by atoms with Gasteiger partial charge in [0.25, 0.3) is 7.82 Å². The summed E-state index contributed by atoms with van der Waals surface area (Å²) in [6.07, 6.45) is 21.1. The third-order valence-corrected chi connectivity index (χ3v) is 7.71. The van der Waals surface area contributed by atoms with Gasteiger partial charge in [0.2, 0.25) is 0 Å². The average Bonchev–Trinajstić information content (AvgIpc) is 3.03. The summed E-state index contributed by atoms with van der Waals surface area (Å²) in [6.45, 7) is 3.92. The molecule has 0 radical (unpaired) electrons. The highest BCUT2D eigenvalue weighted by atomic mass is 31.2. The SMILES string of the molecule is CCCCCCCCCCCCCCCCOP(=O)([O-])OCCC1CCC[N+]1(C)C. The highest BCUT2D eigenvalue weighted by Gasteiger charge is 2.33. The molecule has 0 amide bonds. The first kappa shape index (κ1) is 28.1. The van der Waals surface area contributed by atoms with E-state index in [2.05, 4.69) is 21.0 Å². The molecule has 30 heavy (non-hydrogen) atoms. The van der Waals surface area contributed by atoms with Gasteiger partial charge in [-0.3, -0.25) is 4.57 Å². The number of hydrogen-bond acceptors (Lipinski definition) is 4. The largest absolute Gasteiger partial charge is 0.756 e. The standard InChI is InChI=1S/C24H50NO4P/c1-4-5-6-7-8-9-10-11-12-13-14-15-16-17-22-28-30(26,27)29-23-20-24-19-18-21-25(24,2)3/h24H,4-23H2,1-3H3. The Morgan fingerprint density at radius 3 is 1.73 bits per heavy atom. The minimum Gasteiger partial charge on any atom is -0.756 e. The zero-order chi connectivity index (χ0) is 22.1. The zero-order valence-corrected chi connectivity index (χ0v) is 21.1. The van der Waals surface area contributed by atoms with Crippen LogP contribution in [-0.2, 0) is 13.6 Å². The first-order valence-electron chi connectivity index (χ1n) is 12.8. The molecule has 5 nitrogen and oxygen atoms in total. The van der Waals surface area contributed by atoms with Gasteiger partial charge in [0.05, 0.1) is 39.9 Å². The molecule has 0 bridgehead atoms. The molecule has 1 saturated heterocycles. The van der Waals surface area contributed by atoms with Crippen molar-refractivity contribution in [3.63, 3.8) is 0 Å². The fourth-order valence-electron chi connectivity index (χ4n) is 4.57. The van der Waals surface area contributed by atoms with Crippen LogP contribution in [0.1, 0.15) is 116 Å². The van der Waals surface area contributed by atoms with Crippen molar-refractivity contribution in [2.75, 3.05) is 33.9 Å². The van der Waals surface area contributed by atoms with Crippen molar-refractivity contribution in [1.82, 2.24) is 0 Å². The molecule has 0 N–H and O–H groups in total. The Labute approximate surface area is 187 Å². The molecule has 1 rings (SSSR count). The van der Waals surface area contributed by atoms with Gasteiger partial charge in [-0.15, -0.1) is 0 Å². The second-order valence-corrected chi connectivity index (χ2v) is 11.2. The van der Waals surface area contributed by atoms with E-state index in [0.29, 0.717) is 6.04 Å². The summed E-state index contributed by atoms with van der Waals surface area (Å²) in [5.74, 6) is 0. The third kappa shape index (κ3) is 14.2.